The van der Waals surface area contributed by atoms with Crippen molar-refractivity contribution >= 4 is 29.1 Å². The summed E-state index contributed by atoms with van der Waals surface area (Å²) >= 11 is 1.24. The molecule has 0 N–H and O–H groups in total. The van der Waals surface area contributed by atoms with E-state index in [0.29, 0.717) is 37.9 Å². The van der Waals surface area contributed by atoms with Crippen LogP contribution in [0.25, 0.3) is 11.8 Å². The number of hydrogen-bond acceptors (Lipinski definition) is 8. The van der Waals surface area contributed by atoms with Crippen LogP contribution >= 0.6 is 11.3 Å². The van der Waals surface area contributed by atoms with Crippen LogP contribution in [0.5, 0.6) is 11.5 Å². The van der Waals surface area contributed by atoms with Crippen molar-refractivity contribution in [2.75, 3.05) is 13.4 Å². The van der Waals surface area contributed by atoms with Crippen molar-refractivity contribution in [1.29, 1.82) is 0 Å². The zero-order valence-electron chi connectivity index (χ0n) is 16.8. The third kappa shape index (κ3) is 3.27. The van der Waals surface area contributed by atoms with Gasteiger partial charge in [-0.3, -0.25) is 9.36 Å². The summed E-state index contributed by atoms with van der Waals surface area (Å²) < 4.78 is 23.4. The zero-order chi connectivity index (χ0) is 21.5. The second kappa shape index (κ2) is 7.59. The molecule has 1 atom stereocenters. The number of aromatic nitrogens is 1. The second-order valence-corrected chi connectivity index (χ2v) is 7.92. The molecule has 31 heavy (non-hydrogen) atoms. The Bertz CT molecular complexity index is 1380. The lowest BCUT2D eigenvalue weighted by Gasteiger charge is -2.22. The van der Waals surface area contributed by atoms with E-state index in [1.165, 1.54) is 15.9 Å². The first-order chi connectivity index (χ1) is 15.1. The number of fused-ring (bicyclic) bond motifs is 2. The Kier molecular flexibility index (Phi) is 4.74. The van der Waals surface area contributed by atoms with Crippen LogP contribution in [0.4, 0.5) is 0 Å². The summed E-state index contributed by atoms with van der Waals surface area (Å²) in [6, 6.07) is 8.31. The monoisotopic (exact) mass is 438 g/mol. The molecule has 0 amide bonds. The molecule has 9 heteroatoms. The van der Waals surface area contributed by atoms with Gasteiger partial charge in [0.15, 0.2) is 16.3 Å². The predicted molar refractivity (Wildman–Crippen MR) is 112 cm³/mol. The minimum absolute atomic E-state index is 0.149. The number of nitrogens with zero attached hydrogens (tertiary/aromatic N) is 2. The summed E-state index contributed by atoms with van der Waals surface area (Å²) in [6.07, 6.45) is 3.21. The fourth-order valence-corrected chi connectivity index (χ4v) is 4.66. The van der Waals surface area contributed by atoms with Crippen LogP contribution in [-0.2, 0) is 9.53 Å². The topological polar surface area (TPSA) is 92.3 Å². The molecular formula is C22H18N2O6S. The van der Waals surface area contributed by atoms with E-state index in [2.05, 4.69) is 0 Å². The second-order valence-electron chi connectivity index (χ2n) is 6.91. The van der Waals surface area contributed by atoms with Crippen LogP contribution in [0.2, 0.25) is 0 Å². The van der Waals surface area contributed by atoms with E-state index >= 15 is 0 Å². The average Bonchev–Trinajstić information content (AvgIpc) is 3.49. The molecule has 2 aliphatic rings. The predicted octanol–water partition coefficient (Wildman–Crippen LogP) is 2.23. The van der Waals surface area contributed by atoms with E-state index in [4.69, 9.17) is 23.6 Å². The van der Waals surface area contributed by atoms with Crippen LogP contribution in [0.3, 0.4) is 0 Å². The van der Waals surface area contributed by atoms with Gasteiger partial charge in [0.1, 0.15) is 16.3 Å². The standard InChI is InChI=1S/C22H18N2O6S/c1-3-27-21(26)18-12(2)24-20(25)17(10-14-5-4-8-28-14)31-22(24)23-19(18)13-6-7-15-16(9-13)30-11-29-15/h4-10,19H,3,11H2,1-2H3/b17-10+/t19-/m1/s1. The Balaban J connectivity index is 1.72. The maximum absolute atomic E-state index is 13.1. The summed E-state index contributed by atoms with van der Waals surface area (Å²) in [5, 5.41) is 0. The molecule has 0 fully saturated rings. The average molecular weight is 438 g/mol. The van der Waals surface area contributed by atoms with E-state index in [0.717, 1.165) is 5.56 Å². The number of carbonyl (C=O) groups is 1. The van der Waals surface area contributed by atoms with Gasteiger partial charge in [-0.15, -0.1) is 0 Å². The van der Waals surface area contributed by atoms with Gasteiger partial charge >= 0.3 is 5.97 Å². The highest BCUT2D eigenvalue weighted by molar-refractivity contribution is 7.07. The summed E-state index contributed by atoms with van der Waals surface area (Å²) in [6.45, 7) is 3.83. The summed E-state index contributed by atoms with van der Waals surface area (Å²) in [5.74, 6) is 1.29. The molecule has 158 valence electrons. The first kappa shape index (κ1) is 19.4. The SMILES string of the molecule is CCOC(=O)C1=C(C)n2c(s/c(=C/c3ccco3)c2=O)=N[C@@H]1c1ccc2c(c1)OCO2. The lowest BCUT2D eigenvalue weighted by atomic mass is 9.96. The highest BCUT2D eigenvalue weighted by atomic mass is 32.1. The number of rotatable bonds is 4. The molecule has 0 unspecified atom stereocenters. The molecule has 2 aromatic heterocycles. The van der Waals surface area contributed by atoms with Gasteiger partial charge in [-0.2, -0.15) is 0 Å². The molecule has 5 rings (SSSR count). The first-order valence-electron chi connectivity index (χ1n) is 9.69. The van der Waals surface area contributed by atoms with E-state index in [9.17, 15) is 9.59 Å². The molecule has 0 saturated heterocycles. The fourth-order valence-electron chi connectivity index (χ4n) is 3.64. The molecular weight excluding hydrogens is 420 g/mol. The Morgan fingerprint density at radius 2 is 2.16 bits per heavy atom. The van der Waals surface area contributed by atoms with Crippen molar-refractivity contribution in [1.82, 2.24) is 4.57 Å². The number of carbonyl (C=O) groups excluding carboxylic acids is 1. The van der Waals surface area contributed by atoms with Gasteiger partial charge in [-0.05, 0) is 43.7 Å². The third-order valence-electron chi connectivity index (χ3n) is 5.07. The summed E-state index contributed by atoms with van der Waals surface area (Å²) in [5.41, 5.74) is 1.29. The van der Waals surface area contributed by atoms with Crippen molar-refractivity contribution in [3.8, 4) is 11.5 Å². The molecule has 0 saturated carbocycles. The molecule has 0 radical (unpaired) electrons. The zero-order valence-corrected chi connectivity index (χ0v) is 17.6. The number of allylic oxidation sites excluding steroid dienone is 1. The van der Waals surface area contributed by atoms with E-state index in [1.807, 2.05) is 6.07 Å². The first-order valence-corrected chi connectivity index (χ1v) is 10.5. The Labute approximate surface area is 180 Å². The minimum atomic E-state index is -0.636. The van der Waals surface area contributed by atoms with Crippen molar-refractivity contribution in [3.63, 3.8) is 0 Å². The van der Waals surface area contributed by atoms with E-state index in [-0.39, 0.29) is 19.0 Å². The van der Waals surface area contributed by atoms with Crippen molar-refractivity contribution < 1.29 is 23.4 Å². The van der Waals surface area contributed by atoms with Crippen LogP contribution < -0.4 is 24.4 Å². The van der Waals surface area contributed by atoms with Crippen LogP contribution in [0.15, 0.2) is 56.4 Å². The largest absolute Gasteiger partial charge is 0.465 e. The molecule has 0 bridgehead atoms. The van der Waals surface area contributed by atoms with Crippen molar-refractivity contribution in [2.24, 2.45) is 4.99 Å². The third-order valence-corrected chi connectivity index (χ3v) is 6.05. The van der Waals surface area contributed by atoms with Crippen LogP contribution in [0.1, 0.15) is 31.2 Å². The molecule has 8 nitrogen and oxygen atoms in total. The number of thiazole rings is 1. The van der Waals surface area contributed by atoms with Gasteiger partial charge in [0.05, 0.1) is 18.4 Å². The molecule has 2 aliphatic heterocycles. The quantitative estimate of drug-likeness (QED) is 0.580. The highest BCUT2D eigenvalue weighted by Crippen LogP contribution is 2.38. The number of furan rings is 1. The van der Waals surface area contributed by atoms with Crippen LogP contribution in [0, 0.1) is 0 Å². The lowest BCUT2D eigenvalue weighted by molar-refractivity contribution is -0.138. The van der Waals surface area contributed by atoms with Crippen molar-refractivity contribution in [2.45, 2.75) is 19.9 Å². The van der Waals surface area contributed by atoms with Crippen molar-refractivity contribution in [3.05, 3.63) is 73.2 Å². The molecule has 0 aliphatic carbocycles. The number of ether oxygens (including phenoxy) is 3. The number of hydrogen-bond donors (Lipinski definition) is 0. The van der Waals surface area contributed by atoms with Gasteiger partial charge in [0.2, 0.25) is 6.79 Å². The molecule has 1 aromatic carbocycles. The molecule has 4 heterocycles. The smallest absolute Gasteiger partial charge is 0.338 e. The van der Waals surface area contributed by atoms with E-state index in [1.54, 1.807) is 50.5 Å². The van der Waals surface area contributed by atoms with Gasteiger partial charge in [0, 0.05) is 11.8 Å². The summed E-state index contributed by atoms with van der Waals surface area (Å²) in [7, 11) is 0. The minimum Gasteiger partial charge on any atom is -0.465 e. The Hall–Kier alpha value is -3.59. The maximum atomic E-state index is 13.1. The van der Waals surface area contributed by atoms with Gasteiger partial charge in [0.25, 0.3) is 5.56 Å². The fraction of sp³-hybridized carbons (Fsp3) is 0.227. The highest BCUT2D eigenvalue weighted by Gasteiger charge is 2.32. The normalized spacial score (nSPS) is 17.5. The number of esters is 1. The van der Waals surface area contributed by atoms with Gasteiger partial charge < -0.3 is 18.6 Å². The Morgan fingerprint density at radius 3 is 2.94 bits per heavy atom. The van der Waals surface area contributed by atoms with Crippen LogP contribution in [-0.4, -0.2) is 23.9 Å². The maximum Gasteiger partial charge on any atom is 0.338 e. The number of benzene rings is 1. The van der Waals surface area contributed by atoms with Gasteiger partial charge in [-0.1, -0.05) is 17.4 Å². The summed E-state index contributed by atoms with van der Waals surface area (Å²) in [4.78, 5) is 31.2. The lowest BCUT2D eigenvalue weighted by Crippen LogP contribution is -2.35. The van der Waals surface area contributed by atoms with Gasteiger partial charge in [-0.25, -0.2) is 9.79 Å². The molecule has 3 aromatic rings. The van der Waals surface area contributed by atoms with E-state index < -0.39 is 12.0 Å². The molecule has 0 spiro atoms. The Morgan fingerprint density at radius 1 is 1.32 bits per heavy atom.